The molecule has 0 unspecified atom stereocenters. The molecule has 0 fully saturated rings. The highest BCUT2D eigenvalue weighted by Gasteiger charge is 2.27. The number of aromatic nitrogens is 3. The number of nitro groups is 1. The molecule has 0 radical (unpaired) electrons. The first-order valence-electron chi connectivity index (χ1n) is 9.11. The van der Waals surface area contributed by atoms with Crippen molar-refractivity contribution in [2.24, 2.45) is 0 Å². The predicted molar refractivity (Wildman–Crippen MR) is 113 cm³/mol. The lowest BCUT2D eigenvalue weighted by Crippen LogP contribution is -2.19. The maximum absolute atomic E-state index is 12.0. The molecule has 0 aliphatic carbocycles. The Morgan fingerprint density at radius 2 is 1.79 bits per heavy atom. The van der Waals surface area contributed by atoms with Crippen molar-refractivity contribution in [3.05, 3.63) is 83.3 Å². The van der Waals surface area contributed by atoms with E-state index in [-0.39, 0.29) is 17.3 Å². The van der Waals surface area contributed by atoms with Gasteiger partial charge in [-0.1, -0.05) is 36.4 Å². The number of para-hydroxylation sites is 2. The van der Waals surface area contributed by atoms with Crippen LogP contribution in [-0.4, -0.2) is 26.4 Å². The Balaban J connectivity index is 1.83. The van der Waals surface area contributed by atoms with Crippen molar-refractivity contribution < 1.29 is 4.92 Å². The van der Waals surface area contributed by atoms with Gasteiger partial charge in [-0.3, -0.25) is 15.1 Å². The van der Waals surface area contributed by atoms with E-state index in [0.29, 0.717) is 17.7 Å². The number of rotatable bonds is 6. The van der Waals surface area contributed by atoms with E-state index in [1.54, 1.807) is 11.1 Å². The fraction of sp³-hybridized carbons (Fsp3) is 0.0952. The van der Waals surface area contributed by atoms with E-state index in [0.717, 1.165) is 11.1 Å². The molecule has 4 rings (SSSR count). The maximum Gasteiger partial charge on any atom is 0.354 e. The molecular weight excluding hydrogens is 368 g/mol. The zero-order valence-corrected chi connectivity index (χ0v) is 15.7. The van der Waals surface area contributed by atoms with Crippen molar-refractivity contribution in [2.75, 3.05) is 16.8 Å². The van der Waals surface area contributed by atoms with Gasteiger partial charge in [-0.05, 0) is 31.2 Å². The number of benzene rings is 2. The van der Waals surface area contributed by atoms with Gasteiger partial charge in [-0.15, -0.1) is 0 Å². The lowest BCUT2D eigenvalue weighted by Gasteiger charge is -2.22. The highest BCUT2D eigenvalue weighted by atomic mass is 16.6. The third-order valence-corrected chi connectivity index (χ3v) is 4.51. The van der Waals surface area contributed by atoms with E-state index in [9.17, 15) is 10.1 Å². The number of hydrogen-bond acceptors (Lipinski definition) is 7. The van der Waals surface area contributed by atoms with Gasteiger partial charge in [0.25, 0.3) is 0 Å². The van der Waals surface area contributed by atoms with Crippen molar-refractivity contribution in [1.29, 1.82) is 0 Å². The van der Waals surface area contributed by atoms with Crippen LogP contribution in [0.15, 0.2) is 73.2 Å². The Hall–Kier alpha value is -4.07. The summed E-state index contributed by atoms with van der Waals surface area (Å²) in [5, 5.41) is 16.0. The van der Waals surface area contributed by atoms with Crippen molar-refractivity contribution in [1.82, 2.24) is 15.0 Å². The molecule has 0 atom stereocenters. The number of nitrogens with one attached hydrogen (secondary N) is 1. The second kappa shape index (κ2) is 7.89. The molecule has 29 heavy (non-hydrogen) atoms. The van der Waals surface area contributed by atoms with Crippen LogP contribution in [0, 0.1) is 10.1 Å². The summed E-state index contributed by atoms with van der Waals surface area (Å²) in [4.78, 5) is 26.1. The standard InChI is InChI=1S/C21H18N6O2/c1-2-26(16-10-4-3-5-11-16)21-19(27(28)29)20(23-14-24-21)25-17-12-6-8-15-9-7-13-22-18(15)17/h3-14H,2H2,1H3,(H,23,24,25). The first kappa shape index (κ1) is 18.3. The smallest absolute Gasteiger partial charge is 0.332 e. The minimum Gasteiger partial charge on any atom is -0.332 e. The van der Waals surface area contributed by atoms with Gasteiger partial charge >= 0.3 is 5.69 Å². The molecule has 4 aromatic rings. The third kappa shape index (κ3) is 3.55. The van der Waals surface area contributed by atoms with E-state index < -0.39 is 4.92 Å². The number of anilines is 4. The summed E-state index contributed by atoms with van der Waals surface area (Å²) in [6.45, 7) is 2.43. The Labute approximate surface area is 167 Å². The molecule has 144 valence electrons. The Kier molecular flexibility index (Phi) is 4.98. The molecule has 2 heterocycles. The van der Waals surface area contributed by atoms with Crippen LogP contribution in [0.3, 0.4) is 0 Å². The third-order valence-electron chi connectivity index (χ3n) is 4.51. The fourth-order valence-corrected chi connectivity index (χ4v) is 3.22. The fourth-order valence-electron chi connectivity index (χ4n) is 3.22. The van der Waals surface area contributed by atoms with Gasteiger partial charge in [-0.2, -0.15) is 0 Å². The van der Waals surface area contributed by atoms with Crippen LogP contribution in [0.4, 0.5) is 28.7 Å². The normalized spacial score (nSPS) is 10.7. The summed E-state index contributed by atoms with van der Waals surface area (Å²) in [5.74, 6) is 0.349. The van der Waals surface area contributed by atoms with Crippen LogP contribution in [-0.2, 0) is 0 Å². The molecule has 0 aliphatic heterocycles. The largest absolute Gasteiger partial charge is 0.354 e. The monoisotopic (exact) mass is 386 g/mol. The Bertz CT molecular complexity index is 1160. The molecule has 0 saturated heterocycles. The van der Waals surface area contributed by atoms with E-state index in [1.165, 1.54) is 6.33 Å². The number of nitrogens with zero attached hydrogens (tertiary/aromatic N) is 5. The summed E-state index contributed by atoms with van der Waals surface area (Å²) in [5.41, 5.74) is 1.97. The first-order valence-corrected chi connectivity index (χ1v) is 9.11. The highest BCUT2D eigenvalue weighted by molar-refractivity contribution is 5.93. The van der Waals surface area contributed by atoms with Gasteiger partial charge in [-0.25, -0.2) is 9.97 Å². The summed E-state index contributed by atoms with van der Waals surface area (Å²) >= 11 is 0. The molecular formula is C21H18N6O2. The Morgan fingerprint density at radius 1 is 1.00 bits per heavy atom. The molecule has 8 nitrogen and oxygen atoms in total. The van der Waals surface area contributed by atoms with E-state index in [4.69, 9.17) is 0 Å². The zero-order chi connectivity index (χ0) is 20.2. The average Bonchev–Trinajstić information content (AvgIpc) is 2.75. The van der Waals surface area contributed by atoms with Gasteiger partial charge in [0.1, 0.15) is 6.33 Å². The lowest BCUT2D eigenvalue weighted by atomic mass is 10.2. The van der Waals surface area contributed by atoms with Gasteiger partial charge in [0.15, 0.2) is 0 Å². The predicted octanol–water partition coefficient (Wildman–Crippen LogP) is 4.83. The molecule has 0 bridgehead atoms. The van der Waals surface area contributed by atoms with E-state index in [2.05, 4.69) is 20.3 Å². The van der Waals surface area contributed by atoms with Crippen LogP contribution in [0.25, 0.3) is 10.9 Å². The number of pyridine rings is 1. The molecule has 0 amide bonds. The van der Waals surface area contributed by atoms with Gasteiger partial charge in [0.05, 0.1) is 16.1 Å². The van der Waals surface area contributed by atoms with E-state index >= 15 is 0 Å². The topological polar surface area (TPSA) is 97.1 Å². The average molecular weight is 386 g/mol. The summed E-state index contributed by atoms with van der Waals surface area (Å²) in [6, 6.07) is 18.8. The quantitative estimate of drug-likeness (QED) is 0.374. The summed E-state index contributed by atoms with van der Waals surface area (Å²) in [7, 11) is 0. The molecule has 0 saturated carbocycles. The van der Waals surface area contributed by atoms with Crippen molar-refractivity contribution in [3.63, 3.8) is 0 Å². The second-order valence-electron chi connectivity index (χ2n) is 6.24. The molecule has 0 aliphatic rings. The van der Waals surface area contributed by atoms with Crippen molar-refractivity contribution in [3.8, 4) is 0 Å². The number of hydrogen-bond donors (Lipinski definition) is 1. The Morgan fingerprint density at radius 3 is 2.55 bits per heavy atom. The summed E-state index contributed by atoms with van der Waals surface area (Å²) in [6.07, 6.45) is 3.01. The van der Waals surface area contributed by atoms with Crippen molar-refractivity contribution in [2.45, 2.75) is 6.92 Å². The first-order chi connectivity index (χ1) is 14.2. The zero-order valence-electron chi connectivity index (χ0n) is 15.7. The SMILES string of the molecule is CCN(c1ccccc1)c1ncnc(Nc2cccc3cccnc23)c1[N+](=O)[O-]. The van der Waals surface area contributed by atoms with Crippen LogP contribution in [0.2, 0.25) is 0 Å². The van der Waals surface area contributed by atoms with Crippen LogP contribution in [0.5, 0.6) is 0 Å². The molecule has 2 aromatic heterocycles. The van der Waals surface area contributed by atoms with Gasteiger partial charge < -0.3 is 10.2 Å². The van der Waals surface area contributed by atoms with Gasteiger partial charge in [0.2, 0.25) is 11.6 Å². The highest BCUT2D eigenvalue weighted by Crippen LogP contribution is 2.37. The molecule has 2 aromatic carbocycles. The second-order valence-corrected chi connectivity index (χ2v) is 6.24. The number of fused-ring (bicyclic) bond motifs is 1. The minimum atomic E-state index is -0.457. The van der Waals surface area contributed by atoms with Crippen LogP contribution < -0.4 is 10.2 Å². The van der Waals surface area contributed by atoms with E-state index in [1.807, 2.05) is 67.6 Å². The summed E-state index contributed by atoms with van der Waals surface area (Å²) < 4.78 is 0. The maximum atomic E-state index is 12.0. The van der Waals surface area contributed by atoms with Crippen LogP contribution in [0.1, 0.15) is 6.92 Å². The lowest BCUT2D eigenvalue weighted by molar-refractivity contribution is -0.383. The molecule has 8 heteroatoms. The van der Waals surface area contributed by atoms with Crippen LogP contribution >= 0.6 is 0 Å². The molecule has 0 spiro atoms. The minimum absolute atomic E-state index is 0.118. The van der Waals surface area contributed by atoms with Crippen molar-refractivity contribution >= 4 is 39.6 Å². The molecule has 1 N–H and O–H groups in total. The van der Waals surface area contributed by atoms with Gasteiger partial charge in [0, 0.05) is 23.8 Å².